The van der Waals surface area contributed by atoms with Crippen LogP contribution in [0, 0.1) is 6.92 Å². The molecule has 7 nitrogen and oxygen atoms in total. The first-order valence-electron chi connectivity index (χ1n) is 8.50. The minimum Gasteiger partial charge on any atom is -0.355 e. The number of halogens is 1. The Kier molecular flexibility index (Phi) is 4.29. The number of fused-ring (bicyclic) bond motifs is 3. The monoisotopic (exact) mass is 393 g/mol. The van der Waals surface area contributed by atoms with Gasteiger partial charge in [-0.25, -0.2) is 22.2 Å². The largest absolute Gasteiger partial charge is 0.355 e. The van der Waals surface area contributed by atoms with Crippen molar-refractivity contribution in [2.24, 2.45) is 0 Å². The summed E-state index contributed by atoms with van der Waals surface area (Å²) in [5, 5.41) is 6.03. The second-order valence-corrected chi connectivity index (χ2v) is 8.95. The summed E-state index contributed by atoms with van der Waals surface area (Å²) in [5.41, 5.74) is 2.30. The van der Waals surface area contributed by atoms with Crippen LogP contribution in [0.1, 0.15) is 12.1 Å². The fourth-order valence-electron chi connectivity index (χ4n) is 3.45. The number of aryl methyl sites for hydroxylation is 1. The first-order valence-corrected chi connectivity index (χ1v) is 10.7. The summed E-state index contributed by atoms with van der Waals surface area (Å²) < 4.78 is 27.1. The topological polar surface area (TPSA) is 70.8 Å². The molecule has 1 aliphatic rings. The average Bonchev–Trinajstić information content (AvgIpc) is 2.79. The Morgan fingerprint density at radius 1 is 1.12 bits per heavy atom. The van der Waals surface area contributed by atoms with Crippen molar-refractivity contribution in [2.45, 2.75) is 13.3 Å². The van der Waals surface area contributed by atoms with E-state index < -0.39 is 10.0 Å². The highest BCUT2D eigenvalue weighted by Gasteiger charge is 2.24. The Bertz CT molecular complexity index is 1100. The highest BCUT2D eigenvalue weighted by Crippen LogP contribution is 2.30. The minimum atomic E-state index is -3.18. The summed E-state index contributed by atoms with van der Waals surface area (Å²) >= 11 is 6.42. The number of benzene rings is 1. The van der Waals surface area contributed by atoms with Gasteiger partial charge in [0.15, 0.2) is 5.65 Å². The molecule has 0 radical (unpaired) electrons. The number of nitrogens with zero attached hydrogens (tertiary/aromatic N) is 5. The number of anilines is 1. The molecule has 26 heavy (non-hydrogen) atoms. The molecule has 0 N–H and O–H groups in total. The highest BCUT2D eigenvalue weighted by molar-refractivity contribution is 7.88. The third kappa shape index (κ3) is 2.91. The number of aromatic nitrogens is 3. The van der Waals surface area contributed by atoms with Crippen molar-refractivity contribution in [1.29, 1.82) is 0 Å². The van der Waals surface area contributed by atoms with Crippen LogP contribution >= 0.6 is 11.6 Å². The second-order valence-electron chi connectivity index (χ2n) is 6.59. The van der Waals surface area contributed by atoms with Crippen molar-refractivity contribution in [3.05, 3.63) is 35.0 Å². The van der Waals surface area contributed by atoms with Gasteiger partial charge in [-0.15, -0.1) is 0 Å². The molecule has 0 spiro atoms. The Labute approximate surface area is 157 Å². The molecule has 1 aliphatic heterocycles. The van der Waals surface area contributed by atoms with Crippen molar-refractivity contribution in [3.63, 3.8) is 0 Å². The van der Waals surface area contributed by atoms with E-state index in [2.05, 4.69) is 10.00 Å². The Morgan fingerprint density at radius 2 is 1.88 bits per heavy atom. The van der Waals surface area contributed by atoms with Crippen LogP contribution in [0.5, 0.6) is 0 Å². The molecule has 1 aromatic carbocycles. The molecule has 0 atom stereocenters. The van der Waals surface area contributed by atoms with Gasteiger partial charge in [0.2, 0.25) is 10.0 Å². The van der Waals surface area contributed by atoms with Crippen molar-refractivity contribution >= 4 is 44.0 Å². The molecule has 3 heterocycles. The molecule has 0 aliphatic carbocycles. The predicted octanol–water partition coefficient (Wildman–Crippen LogP) is 2.32. The van der Waals surface area contributed by atoms with Crippen molar-refractivity contribution < 1.29 is 8.42 Å². The number of rotatable bonds is 2. The van der Waals surface area contributed by atoms with Crippen LogP contribution in [-0.2, 0) is 10.0 Å². The fourth-order valence-corrected chi connectivity index (χ4v) is 4.48. The summed E-state index contributed by atoms with van der Waals surface area (Å²) in [7, 11) is -3.18. The molecule has 3 aromatic rings. The molecule has 1 saturated heterocycles. The molecule has 138 valence electrons. The van der Waals surface area contributed by atoms with E-state index in [9.17, 15) is 8.42 Å². The summed E-state index contributed by atoms with van der Waals surface area (Å²) in [6, 6.07) is 7.94. The summed E-state index contributed by atoms with van der Waals surface area (Å²) in [4.78, 5) is 6.95. The van der Waals surface area contributed by atoms with E-state index in [4.69, 9.17) is 16.6 Å². The first-order chi connectivity index (χ1) is 12.4. The van der Waals surface area contributed by atoms with Crippen molar-refractivity contribution in [2.75, 3.05) is 37.3 Å². The van der Waals surface area contributed by atoms with E-state index in [0.29, 0.717) is 30.3 Å². The fraction of sp³-hybridized carbons (Fsp3) is 0.412. The van der Waals surface area contributed by atoms with Crippen LogP contribution in [0.25, 0.3) is 16.6 Å². The van der Waals surface area contributed by atoms with Gasteiger partial charge in [-0.3, -0.25) is 0 Å². The number of para-hydroxylation sites is 1. The SMILES string of the molecule is Cc1nn2c(nc(N3CCCN(S(C)(=O)=O)CC3)c3ccccc32)c1Cl. The smallest absolute Gasteiger partial charge is 0.211 e. The van der Waals surface area contributed by atoms with E-state index in [1.165, 1.54) is 10.6 Å². The van der Waals surface area contributed by atoms with Gasteiger partial charge in [-0.05, 0) is 25.5 Å². The van der Waals surface area contributed by atoms with Gasteiger partial charge >= 0.3 is 0 Å². The van der Waals surface area contributed by atoms with Crippen molar-refractivity contribution in [1.82, 2.24) is 18.9 Å². The van der Waals surface area contributed by atoms with E-state index >= 15 is 0 Å². The van der Waals surface area contributed by atoms with Crippen LogP contribution in [0.2, 0.25) is 5.02 Å². The van der Waals surface area contributed by atoms with Crippen LogP contribution in [-0.4, -0.2) is 59.8 Å². The summed E-state index contributed by atoms with van der Waals surface area (Å²) in [6.45, 7) is 4.17. The molecule has 4 rings (SSSR count). The van der Waals surface area contributed by atoms with Gasteiger partial charge in [0.25, 0.3) is 0 Å². The molecular weight excluding hydrogens is 374 g/mol. The molecule has 0 bridgehead atoms. The van der Waals surface area contributed by atoms with E-state index in [0.717, 1.165) is 35.4 Å². The van der Waals surface area contributed by atoms with Crippen molar-refractivity contribution in [3.8, 4) is 0 Å². The second kappa shape index (κ2) is 6.37. The lowest BCUT2D eigenvalue weighted by Gasteiger charge is -2.23. The zero-order valence-corrected chi connectivity index (χ0v) is 16.3. The quantitative estimate of drug-likeness (QED) is 0.668. The van der Waals surface area contributed by atoms with Crippen LogP contribution in [0.4, 0.5) is 5.82 Å². The minimum absolute atomic E-state index is 0.450. The van der Waals surface area contributed by atoms with Gasteiger partial charge in [-0.1, -0.05) is 23.7 Å². The predicted molar refractivity (Wildman–Crippen MR) is 103 cm³/mol. The lowest BCUT2D eigenvalue weighted by Crippen LogP contribution is -2.34. The molecule has 2 aromatic heterocycles. The molecule has 1 fully saturated rings. The molecule has 0 unspecified atom stereocenters. The Morgan fingerprint density at radius 3 is 2.65 bits per heavy atom. The standard InChI is InChI=1S/C17H20ClN5O2S/c1-12-15(18)17-19-16(13-6-3-4-7-14(13)23(17)20-12)21-8-5-9-22(11-10-21)26(2,24)25/h3-4,6-7H,5,8-11H2,1-2H3. The molecule has 9 heteroatoms. The van der Waals surface area contributed by atoms with Crippen LogP contribution in [0.15, 0.2) is 24.3 Å². The molecule has 0 saturated carbocycles. The lowest BCUT2D eigenvalue weighted by atomic mass is 10.2. The Hall–Kier alpha value is -1.90. The van der Waals surface area contributed by atoms with Gasteiger partial charge < -0.3 is 4.90 Å². The number of hydrogen-bond donors (Lipinski definition) is 0. The third-order valence-electron chi connectivity index (χ3n) is 4.77. The normalized spacial score (nSPS) is 17.1. The summed E-state index contributed by atoms with van der Waals surface area (Å²) in [5.74, 6) is 0.824. The lowest BCUT2D eigenvalue weighted by molar-refractivity contribution is 0.437. The maximum atomic E-state index is 11.9. The van der Waals surface area contributed by atoms with Gasteiger partial charge in [0.05, 0.1) is 17.5 Å². The zero-order valence-electron chi connectivity index (χ0n) is 14.7. The van der Waals surface area contributed by atoms with E-state index in [1.54, 1.807) is 4.52 Å². The molecular formula is C17H20ClN5O2S. The van der Waals surface area contributed by atoms with E-state index in [-0.39, 0.29) is 0 Å². The van der Waals surface area contributed by atoms with Gasteiger partial charge in [0, 0.05) is 31.6 Å². The average molecular weight is 394 g/mol. The highest BCUT2D eigenvalue weighted by atomic mass is 35.5. The van der Waals surface area contributed by atoms with Crippen LogP contribution < -0.4 is 4.90 Å². The third-order valence-corrected chi connectivity index (χ3v) is 6.52. The number of sulfonamides is 1. The number of hydrogen-bond acceptors (Lipinski definition) is 5. The van der Waals surface area contributed by atoms with Crippen LogP contribution in [0.3, 0.4) is 0 Å². The first kappa shape index (κ1) is 17.5. The zero-order chi connectivity index (χ0) is 18.5. The van der Waals surface area contributed by atoms with Gasteiger partial charge in [0.1, 0.15) is 10.8 Å². The van der Waals surface area contributed by atoms with E-state index in [1.807, 2.05) is 31.2 Å². The maximum absolute atomic E-state index is 11.9. The maximum Gasteiger partial charge on any atom is 0.211 e. The molecule has 0 amide bonds. The van der Waals surface area contributed by atoms with Gasteiger partial charge in [-0.2, -0.15) is 5.10 Å². The Balaban J connectivity index is 1.84. The summed E-state index contributed by atoms with van der Waals surface area (Å²) in [6.07, 6.45) is 2.01.